The summed E-state index contributed by atoms with van der Waals surface area (Å²) in [6, 6.07) is 27.1. The Labute approximate surface area is 216 Å². The number of nitrogen functional groups attached to an aromatic ring is 1. The van der Waals surface area contributed by atoms with E-state index in [1.165, 1.54) is 5.56 Å². The van der Waals surface area contributed by atoms with Crippen LogP contribution >= 0.6 is 0 Å². The van der Waals surface area contributed by atoms with Crippen molar-refractivity contribution in [2.45, 2.75) is 32.2 Å². The molecule has 0 saturated heterocycles. The van der Waals surface area contributed by atoms with Gasteiger partial charge in [-0.05, 0) is 48.7 Å². The molecule has 0 fully saturated rings. The van der Waals surface area contributed by atoms with Crippen molar-refractivity contribution in [2.24, 2.45) is 0 Å². The summed E-state index contributed by atoms with van der Waals surface area (Å²) in [6.07, 6.45) is 2.76. The van der Waals surface area contributed by atoms with Crippen LogP contribution in [0.25, 0.3) is 11.3 Å². The number of hydrogen-bond donors (Lipinski definition) is 5. The van der Waals surface area contributed by atoms with Crippen molar-refractivity contribution in [2.75, 3.05) is 22.9 Å². The number of benzene rings is 3. The molecule has 0 aliphatic heterocycles. The number of nitrogens with two attached hydrogens (primary N) is 1. The molecule has 8 heteroatoms. The predicted molar refractivity (Wildman–Crippen MR) is 148 cm³/mol. The smallest absolute Gasteiger partial charge is 0.269 e. The Hall–Kier alpha value is -4.59. The van der Waals surface area contributed by atoms with E-state index in [2.05, 4.69) is 38.3 Å². The molecule has 8 nitrogen and oxygen atoms in total. The molecule has 0 radical (unpaired) electrons. The highest BCUT2D eigenvalue weighted by atomic mass is 16.2. The lowest BCUT2D eigenvalue weighted by atomic mass is 10.1. The van der Waals surface area contributed by atoms with Crippen LogP contribution in [0.5, 0.6) is 0 Å². The van der Waals surface area contributed by atoms with E-state index < -0.39 is 0 Å². The largest absolute Gasteiger partial charge is 0.397 e. The van der Waals surface area contributed by atoms with Gasteiger partial charge in [-0.2, -0.15) is 5.10 Å². The first-order chi connectivity index (χ1) is 18.1. The van der Waals surface area contributed by atoms with Crippen LogP contribution in [0.3, 0.4) is 0 Å². The predicted octanol–water partition coefficient (Wildman–Crippen LogP) is 5.20. The average molecular weight is 497 g/mol. The fourth-order valence-electron chi connectivity index (χ4n) is 3.85. The SMILES string of the molecule is Nc1ccccc1NC(=O)CCCCCNC(=O)c1cc(-c2ccc(NCc3ccccc3)cc2)n[nH]1. The third-order valence-corrected chi connectivity index (χ3v) is 5.94. The molecule has 0 unspecified atom stereocenters. The maximum Gasteiger partial charge on any atom is 0.269 e. The standard InChI is InChI=1S/C29H32N6O2/c30-24-11-6-7-12-25(24)33-28(36)13-5-2-8-18-31-29(37)27-19-26(34-35-27)22-14-16-23(17-15-22)32-20-21-9-3-1-4-10-21/h1,3-4,6-7,9-12,14-17,19,32H,2,5,8,13,18,20,30H2,(H,31,37)(H,33,36)(H,34,35). The number of para-hydroxylation sites is 2. The van der Waals surface area contributed by atoms with Crippen molar-refractivity contribution < 1.29 is 9.59 Å². The first-order valence-electron chi connectivity index (χ1n) is 12.4. The molecule has 1 heterocycles. The monoisotopic (exact) mass is 496 g/mol. The summed E-state index contributed by atoms with van der Waals surface area (Å²) in [7, 11) is 0. The first kappa shape index (κ1) is 25.5. The van der Waals surface area contributed by atoms with Gasteiger partial charge in [0.15, 0.2) is 0 Å². The fraction of sp³-hybridized carbons (Fsp3) is 0.207. The molecule has 4 rings (SSSR count). The second-order valence-electron chi connectivity index (χ2n) is 8.79. The Bertz CT molecular complexity index is 1300. The van der Waals surface area contributed by atoms with Crippen LogP contribution in [0.2, 0.25) is 0 Å². The van der Waals surface area contributed by atoms with Crippen LogP contribution in [0, 0.1) is 0 Å². The Kier molecular flexibility index (Phi) is 8.91. The van der Waals surface area contributed by atoms with Crippen molar-refractivity contribution >= 4 is 28.9 Å². The van der Waals surface area contributed by atoms with E-state index in [4.69, 9.17) is 5.73 Å². The van der Waals surface area contributed by atoms with Gasteiger partial charge in [0, 0.05) is 30.8 Å². The van der Waals surface area contributed by atoms with Gasteiger partial charge < -0.3 is 21.7 Å². The number of aromatic nitrogens is 2. The molecule has 0 spiro atoms. The van der Waals surface area contributed by atoms with E-state index in [0.29, 0.717) is 35.7 Å². The second kappa shape index (κ2) is 12.9. The molecule has 0 aliphatic carbocycles. The number of carbonyl (C=O) groups is 2. The quantitative estimate of drug-likeness (QED) is 0.136. The topological polar surface area (TPSA) is 125 Å². The van der Waals surface area contributed by atoms with Gasteiger partial charge in [-0.3, -0.25) is 14.7 Å². The van der Waals surface area contributed by atoms with Gasteiger partial charge in [0.2, 0.25) is 5.91 Å². The lowest BCUT2D eigenvalue weighted by Crippen LogP contribution is -2.24. The van der Waals surface area contributed by atoms with E-state index in [-0.39, 0.29) is 11.8 Å². The zero-order chi connectivity index (χ0) is 25.9. The second-order valence-corrected chi connectivity index (χ2v) is 8.79. The molecule has 3 aromatic carbocycles. The van der Waals surface area contributed by atoms with Crippen molar-refractivity contribution in [1.29, 1.82) is 0 Å². The molecule has 4 aromatic rings. The summed E-state index contributed by atoms with van der Waals surface area (Å²) in [5, 5.41) is 16.2. The molecule has 1 aromatic heterocycles. The zero-order valence-electron chi connectivity index (χ0n) is 20.7. The number of anilines is 3. The minimum Gasteiger partial charge on any atom is -0.397 e. The molecule has 37 heavy (non-hydrogen) atoms. The summed E-state index contributed by atoms with van der Waals surface area (Å²) in [6.45, 7) is 1.28. The average Bonchev–Trinajstić information content (AvgIpc) is 3.42. The summed E-state index contributed by atoms with van der Waals surface area (Å²) < 4.78 is 0. The molecule has 0 atom stereocenters. The van der Waals surface area contributed by atoms with E-state index >= 15 is 0 Å². The fourth-order valence-corrected chi connectivity index (χ4v) is 3.85. The number of aromatic amines is 1. The normalized spacial score (nSPS) is 10.6. The maximum absolute atomic E-state index is 12.5. The van der Waals surface area contributed by atoms with Gasteiger partial charge in [-0.25, -0.2) is 0 Å². The van der Waals surface area contributed by atoms with Crippen LogP contribution in [0.15, 0.2) is 84.9 Å². The van der Waals surface area contributed by atoms with Gasteiger partial charge in [0.25, 0.3) is 5.91 Å². The van der Waals surface area contributed by atoms with Crippen molar-refractivity contribution in [3.05, 3.63) is 96.2 Å². The van der Waals surface area contributed by atoms with Crippen molar-refractivity contribution in [3.8, 4) is 11.3 Å². The van der Waals surface area contributed by atoms with Gasteiger partial charge >= 0.3 is 0 Å². The van der Waals surface area contributed by atoms with Crippen LogP contribution in [-0.2, 0) is 11.3 Å². The van der Waals surface area contributed by atoms with E-state index in [9.17, 15) is 9.59 Å². The number of nitrogens with zero attached hydrogens (tertiary/aromatic N) is 1. The third kappa shape index (κ3) is 7.70. The highest BCUT2D eigenvalue weighted by Crippen LogP contribution is 2.21. The van der Waals surface area contributed by atoms with Gasteiger partial charge in [-0.1, -0.05) is 61.0 Å². The van der Waals surface area contributed by atoms with Gasteiger partial charge in [0.05, 0.1) is 17.1 Å². The van der Waals surface area contributed by atoms with Crippen molar-refractivity contribution in [3.63, 3.8) is 0 Å². The van der Waals surface area contributed by atoms with E-state index in [0.717, 1.165) is 37.1 Å². The highest BCUT2D eigenvalue weighted by Gasteiger charge is 2.11. The van der Waals surface area contributed by atoms with Crippen LogP contribution in [0.4, 0.5) is 17.1 Å². The summed E-state index contributed by atoms with van der Waals surface area (Å²) in [5.41, 5.74) is 11.3. The Morgan fingerprint density at radius 1 is 0.865 bits per heavy atom. The summed E-state index contributed by atoms with van der Waals surface area (Å²) >= 11 is 0. The number of unbranched alkanes of at least 4 members (excludes halogenated alkanes) is 2. The Morgan fingerprint density at radius 3 is 2.41 bits per heavy atom. The van der Waals surface area contributed by atoms with E-state index in [1.807, 2.05) is 54.6 Å². The van der Waals surface area contributed by atoms with Gasteiger partial charge in [-0.15, -0.1) is 0 Å². The summed E-state index contributed by atoms with van der Waals surface area (Å²) in [4.78, 5) is 24.5. The Morgan fingerprint density at radius 2 is 1.62 bits per heavy atom. The highest BCUT2D eigenvalue weighted by molar-refractivity contribution is 5.94. The molecular weight excluding hydrogens is 464 g/mol. The lowest BCUT2D eigenvalue weighted by molar-refractivity contribution is -0.116. The lowest BCUT2D eigenvalue weighted by Gasteiger charge is -2.08. The molecule has 0 aliphatic rings. The zero-order valence-corrected chi connectivity index (χ0v) is 20.7. The minimum absolute atomic E-state index is 0.0630. The maximum atomic E-state index is 12.5. The number of H-pyrrole nitrogens is 1. The number of hydrogen-bond acceptors (Lipinski definition) is 5. The minimum atomic E-state index is -0.197. The number of carbonyl (C=O) groups excluding carboxylic acids is 2. The number of nitrogens with one attached hydrogen (secondary N) is 4. The molecular formula is C29H32N6O2. The molecule has 0 saturated carbocycles. The number of amides is 2. The number of rotatable bonds is 12. The Balaban J connectivity index is 1.15. The van der Waals surface area contributed by atoms with Crippen LogP contribution < -0.4 is 21.7 Å². The molecule has 190 valence electrons. The van der Waals surface area contributed by atoms with Crippen LogP contribution in [-0.4, -0.2) is 28.6 Å². The summed E-state index contributed by atoms with van der Waals surface area (Å²) in [5.74, 6) is -0.260. The molecule has 2 amide bonds. The first-order valence-corrected chi connectivity index (χ1v) is 12.4. The third-order valence-electron chi connectivity index (χ3n) is 5.94. The van der Waals surface area contributed by atoms with E-state index in [1.54, 1.807) is 18.2 Å². The molecule has 6 N–H and O–H groups in total. The molecule has 0 bridgehead atoms. The van der Waals surface area contributed by atoms with Crippen LogP contribution in [0.1, 0.15) is 41.7 Å². The van der Waals surface area contributed by atoms with Crippen molar-refractivity contribution in [1.82, 2.24) is 15.5 Å². The van der Waals surface area contributed by atoms with Gasteiger partial charge in [0.1, 0.15) is 5.69 Å².